The first-order chi connectivity index (χ1) is 6.80. The average molecular weight is 226 g/mol. The van der Waals surface area contributed by atoms with Gasteiger partial charge in [-0.05, 0) is 5.04 Å². The topological polar surface area (TPSA) is 27.1 Å². The van der Waals surface area contributed by atoms with E-state index in [4.69, 9.17) is 4.74 Å². The quantitative estimate of drug-likeness (QED) is 0.739. The van der Waals surface area contributed by atoms with Crippen molar-refractivity contribution in [3.8, 4) is 0 Å². The molecule has 0 amide bonds. The zero-order valence-corrected chi connectivity index (χ0v) is 11.7. The number of aromatic nitrogens is 2. The molecule has 0 aromatic carbocycles. The highest BCUT2D eigenvalue weighted by Gasteiger charge is 2.40. The van der Waals surface area contributed by atoms with E-state index in [0.29, 0.717) is 11.8 Å². The van der Waals surface area contributed by atoms with E-state index in [-0.39, 0.29) is 0 Å². The lowest BCUT2D eigenvalue weighted by Crippen LogP contribution is -2.54. The maximum absolute atomic E-state index is 5.18. The summed E-state index contributed by atoms with van der Waals surface area (Å²) in [5.41, 5.74) is 1.22. The van der Waals surface area contributed by atoms with E-state index in [1.807, 2.05) is 12.4 Å². The van der Waals surface area contributed by atoms with E-state index in [1.54, 1.807) is 7.11 Å². The standard InChI is InChI=1S/C11H22N2OSi/c1-11(2,3)15(5,6)10-12-7-8-13(10)9-14-4/h7-8H,9H2,1-6H3. The molecule has 0 atom stereocenters. The molecule has 0 aliphatic carbocycles. The number of ether oxygens (including phenoxy) is 1. The van der Waals surface area contributed by atoms with Crippen LogP contribution in [0.4, 0.5) is 0 Å². The van der Waals surface area contributed by atoms with Gasteiger partial charge in [0.05, 0.1) is 5.45 Å². The Morgan fingerprint density at radius 2 is 2.00 bits per heavy atom. The van der Waals surface area contributed by atoms with Gasteiger partial charge < -0.3 is 9.30 Å². The van der Waals surface area contributed by atoms with Crippen LogP contribution in [0.25, 0.3) is 0 Å². The van der Waals surface area contributed by atoms with Gasteiger partial charge in [-0.15, -0.1) is 0 Å². The van der Waals surface area contributed by atoms with Crippen molar-refractivity contribution in [2.24, 2.45) is 0 Å². The second-order valence-electron chi connectivity index (χ2n) is 5.51. The normalized spacial score (nSPS) is 13.2. The maximum atomic E-state index is 5.18. The van der Waals surface area contributed by atoms with Gasteiger partial charge in [-0.2, -0.15) is 0 Å². The van der Waals surface area contributed by atoms with Crippen LogP contribution in [0.2, 0.25) is 18.1 Å². The molecule has 15 heavy (non-hydrogen) atoms. The molecule has 3 nitrogen and oxygen atoms in total. The molecule has 1 heterocycles. The highest BCUT2D eigenvalue weighted by Crippen LogP contribution is 2.34. The first-order valence-corrected chi connectivity index (χ1v) is 8.31. The summed E-state index contributed by atoms with van der Waals surface area (Å²) in [6.07, 6.45) is 3.87. The Hall–Kier alpha value is -0.613. The molecule has 0 spiro atoms. The number of nitrogens with zero attached hydrogens (tertiary/aromatic N) is 2. The fourth-order valence-corrected chi connectivity index (χ4v) is 3.35. The molecule has 0 saturated heterocycles. The Balaban J connectivity index is 3.09. The minimum Gasteiger partial charge on any atom is -0.364 e. The second kappa shape index (κ2) is 4.10. The van der Waals surface area contributed by atoms with Crippen LogP contribution >= 0.6 is 0 Å². The van der Waals surface area contributed by atoms with E-state index in [2.05, 4.69) is 43.4 Å². The summed E-state index contributed by atoms with van der Waals surface area (Å²) in [5.74, 6) is 0. The van der Waals surface area contributed by atoms with Crippen molar-refractivity contribution in [3.05, 3.63) is 12.4 Å². The molecule has 0 unspecified atom stereocenters. The SMILES string of the molecule is COCn1ccnc1[Si](C)(C)C(C)(C)C. The monoisotopic (exact) mass is 226 g/mol. The van der Waals surface area contributed by atoms with Crippen LogP contribution in [0.5, 0.6) is 0 Å². The minimum absolute atomic E-state index is 0.309. The van der Waals surface area contributed by atoms with Crippen molar-refractivity contribution in [1.29, 1.82) is 0 Å². The summed E-state index contributed by atoms with van der Waals surface area (Å²) in [6, 6.07) is 0. The summed E-state index contributed by atoms with van der Waals surface area (Å²) in [5, 5.41) is 0.309. The third kappa shape index (κ3) is 2.31. The van der Waals surface area contributed by atoms with Crippen molar-refractivity contribution < 1.29 is 4.74 Å². The maximum Gasteiger partial charge on any atom is 0.131 e. The van der Waals surface area contributed by atoms with Crippen LogP contribution in [0.3, 0.4) is 0 Å². The zero-order valence-electron chi connectivity index (χ0n) is 10.7. The third-order valence-corrected chi connectivity index (χ3v) is 8.70. The van der Waals surface area contributed by atoms with Gasteiger partial charge in [0.2, 0.25) is 0 Å². The van der Waals surface area contributed by atoms with Gasteiger partial charge in [0.25, 0.3) is 0 Å². The van der Waals surface area contributed by atoms with Gasteiger partial charge in [0, 0.05) is 19.5 Å². The first-order valence-electron chi connectivity index (χ1n) is 5.31. The van der Waals surface area contributed by atoms with Gasteiger partial charge in [0.15, 0.2) is 0 Å². The molecular weight excluding hydrogens is 204 g/mol. The molecule has 86 valence electrons. The largest absolute Gasteiger partial charge is 0.364 e. The summed E-state index contributed by atoms with van der Waals surface area (Å²) in [4.78, 5) is 4.52. The lowest BCUT2D eigenvalue weighted by Gasteiger charge is -2.36. The summed E-state index contributed by atoms with van der Waals surface area (Å²) in [6.45, 7) is 12.2. The second-order valence-corrected chi connectivity index (χ2v) is 10.7. The lowest BCUT2D eigenvalue weighted by atomic mass is 10.2. The van der Waals surface area contributed by atoms with Gasteiger partial charge in [0.1, 0.15) is 14.8 Å². The molecule has 1 aromatic rings. The Labute approximate surface area is 93.5 Å². The fourth-order valence-electron chi connectivity index (χ4n) is 1.43. The molecule has 0 aliphatic heterocycles. The predicted octanol–water partition coefficient (Wildman–Crippen LogP) is 2.20. The lowest BCUT2D eigenvalue weighted by molar-refractivity contribution is 0.133. The first kappa shape index (κ1) is 12.5. The van der Waals surface area contributed by atoms with Crippen LogP contribution < -0.4 is 5.45 Å². The number of imidazole rings is 1. The molecule has 0 bridgehead atoms. The molecule has 1 rings (SSSR count). The summed E-state index contributed by atoms with van der Waals surface area (Å²) in [7, 11) is 0.179. The molecule has 0 N–H and O–H groups in total. The van der Waals surface area contributed by atoms with Crippen molar-refractivity contribution in [1.82, 2.24) is 9.55 Å². The van der Waals surface area contributed by atoms with Crippen molar-refractivity contribution in [2.75, 3.05) is 7.11 Å². The number of hydrogen-bond donors (Lipinski definition) is 0. The van der Waals surface area contributed by atoms with E-state index >= 15 is 0 Å². The van der Waals surface area contributed by atoms with E-state index in [1.165, 1.54) is 5.45 Å². The fraction of sp³-hybridized carbons (Fsp3) is 0.727. The molecule has 0 fully saturated rings. The van der Waals surface area contributed by atoms with Crippen molar-refractivity contribution in [3.63, 3.8) is 0 Å². The highest BCUT2D eigenvalue weighted by atomic mass is 28.3. The number of hydrogen-bond acceptors (Lipinski definition) is 2. The zero-order chi connectivity index (χ0) is 11.7. The van der Waals surface area contributed by atoms with Crippen LogP contribution in [0.15, 0.2) is 12.4 Å². The molecule has 4 heteroatoms. The van der Waals surface area contributed by atoms with Gasteiger partial charge in [-0.1, -0.05) is 33.9 Å². The van der Waals surface area contributed by atoms with Crippen LogP contribution in [-0.4, -0.2) is 24.7 Å². The Bertz CT molecular complexity index is 326. The molecular formula is C11H22N2OSi. The molecule has 0 aliphatic rings. The molecule has 0 radical (unpaired) electrons. The van der Waals surface area contributed by atoms with E-state index < -0.39 is 8.07 Å². The molecule has 0 saturated carbocycles. The number of methoxy groups -OCH3 is 1. The third-order valence-electron chi connectivity index (χ3n) is 3.42. The van der Waals surface area contributed by atoms with E-state index in [0.717, 1.165) is 0 Å². The van der Waals surface area contributed by atoms with Gasteiger partial charge in [-0.3, -0.25) is 0 Å². The Kier molecular flexibility index (Phi) is 3.40. The smallest absolute Gasteiger partial charge is 0.131 e. The van der Waals surface area contributed by atoms with E-state index in [9.17, 15) is 0 Å². The predicted molar refractivity (Wildman–Crippen MR) is 66.1 cm³/mol. The van der Waals surface area contributed by atoms with Crippen molar-refractivity contribution in [2.45, 2.75) is 45.6 Å². The minimum atomic E-state index is -1.54. The Morgan fingerprint density at radius 3 is 2.47 bits per heavy atom. The van der Waals surface area contributed by atoms with Crippen LogP contribution in [-0.2, 0) is 11.5 Å². The summed E-state index contributed by atoms with van der Waals surface area (Å²) >= 11 is 0. The molecule has 1 aromatic heterocycles. The van der Waals surface area contributed by atoms with Crippen LogP contribution in [0.1, 0.15) is 20.8 Å². The average Bonchev–Trinajstić information content (AvgIpc) is 2.51. The Morgan fingerprint density at radius 1 is 1.40 bits per heavy atom. The number of rotatable bonds is 3. The van der Waals surface area contributed by atoms with Crippen LogP contribution in [0, 0.1) is 0 Å². The van der Waals surface area contributed by atoms with Gasteiger partial charge in [-0.25, -0.2) is 4.98 Å². The van der Waals surface area contributed by atoms with Gasteiger partial charge >= 0.3 is 0 Å². The van der Waals surface area contributed by atoms with Crippen molar-refractivity contribution >= 4 is 13.5 Å². The highest BCUT2D eigenvalue weighted by molar-refractivity contribution is 6.91. The summed E-state index contributed by atoms with van der Waals surface area (Å²) < 4.78 is 7.30.